The lowest BCUT2D eigenvalue weighted by molar-refractivity contribution is -0.138. The predicted molar refractivity (Wildman–Crippen MR) is 63.9 cm³/mol. The van der Waals surface area contributed by atoms with E-state index < -0.39 is 23.6 Å². The van der Waals surface area contributed by atoms with E-state index in [1.807, 2.05) is 0 Å². The Morgan fingerprint density at radius 1 is 1.25 bits per heavy atom. The molecular formula is C13H12F4N2O. The molecular weight excluding hydrogens is 276 g/mol. The van der Waals surface area contributed by atoms with Gasteiger partial charge in [0.2, 0.25) is 0 Å². The van der Waals surface area contributed by atoms with Crippen LogP contribution in [0.5, 0.6) is 0 Å². The SMILES string of the molecule is NNC(Cc1ccoc1)c1cc(F)ccc1C(F)(F)F. The van der Waals surface area contributed by atoms with E-state index in [9.17, 15) is 17.6 Å². The molecule has 0 amide bonds. The average Bonchev–Trinajstić information content (AvgIpc) is 2.87. The zero-order valence-corrected chi connectivity index (χ0v) is 10.2. The normalized spacial score (nSPS) is 13.4. The third-order valence-corrected chi connectivity index (χ3v) is 2.92. The van der Waals surface area contributed by atoms with Crippen LogP contribution in [0.1, 0.15) is 22.7 Å². The number of nitrogens with one attached hydrogen (secondary N) is 1. The van der Waals surface area contributed by atoms with Gasteiger partial charge in [-0.2, -0.15) is 13.2 Å². The van der Waals surface area contributed by atoms with E-state index in [0.29, 0.717) is 11.6 Å². The van der Waals surface area contributed by atoms with Crippen LogP contribution < -0.4 is 11.3 Å². The van der Waals surface area contributed by atoms with Crippen molar-refractivity contribution in [3.63, 3.8) is 0 Å². The van der Waals surface area contributed by atoms with Crippen molar-refractivity contribution in [1.29, 1.82) is 0 Å². The molecule has 1 heterocycles. The second-order valence-corrected chi connectivity index (χ2v) is 4.28. The molecule has 0 bridgehead atoms. The fraction of sp³-hybridized carbons (Fsp3) is 0.231. The molecule has 3 nitrogen and oxygen atoms in total. The van der Waals surface area contributed by atoms with Crippen molar-refractivity contribution in [2.24, 2.45) is 5.84 Å². The lowest BCUT2D eigenvalue weighted by Gasteiger charge is -2.20. The quantitative estimate of drug-likeness (QED) is 0.516. The summed E-state index contributed by atoms with van der Waals surface area (Å²) in [6, 6.07) is 3.06. The topological polar surface area (TPSA) is 51.2 Å². The van der Waals surface area contributed by atoms with Crippen LogP contribution in [0.15, 0.2) is 41.2 Å². The summed E-state index contributed by atoms with van der Waals surface area (Å²) in [6.45, 7) is 0. The molecule has 0 fully saturated rings. The molecule has 1 atom stereocenters. The Bertz CT molecular complexity index is 566. The molecule has 1 unspecified atom stereocenters. The number of hydrogen-bond donors (Lipinski definition) is 2. The van der Waals surface area contributed by atoms with Crippen LogP contribution in [-0.2, 0) is 12.6 Å². The van der Waals surface area contributed by atoms with Gasteiger partial charge in [-0.25, -0.2) is 4.39 Å². The van der Waals surface area contributed by atoms with Crippen LogP contribution in [0.3, 0.4) is 0 Å². The maximum Gasteiger partial charge on any atom is 0.416 e. The summed E-state index contributed by atoms with van der Waals surface area (Å²) in [7, 11) is 0. The second-order valence-electron chi connectivity index (χ2n) is 4.28. The molecule has 2 rings (SSSR count). The first-order valence-corrected chi connectivity index (χ1v) is 5.75. The van der Waals surface area contributed by atoms with Gasteiger partial charge in [0.05, 0.1) is 24.1 Å². The molecule has 1 aromatic carbocycles. The Morgan fingerprint density at radius 3 is 2.55 bits per heavy atom. The summed E-state index contributed by atoms with van der Waals surface area (Å²) in [6.07, 6.45) is -1.62. The van der Waals surface area contributed by atoms with Crippen molar-refractivity contribution in [1.82, 2.24) is 5.43 Å². The summed E-state index contributed by atoms with van der Waals surface area (Å²) >= 11 is 0. The second kappa shape index (κ2) is 5.64. The number of alkyl halides is 3. The first kappa shape index (κ1) is 14.5. The highest BCUT2D eigenvalue weighted by atomic mass is 19.4. The average molecular weight is 288 g/mol. The monoisotopic (exact) mass is 288 g/mol. The largest absolute Gasteiger partial charge is 0.472 e. The fourth-order valence-electron chi connectivity index (χ4n) is 1.98. The van der Waals surface area contributed by atoms with E-state index in [4.69, 9.17) is 10.3 Å². The smallest absolute Gasteiger partial charge is 0.416 e. The summed E-state index contributed by atoms with van der Waals surface area (Å²) in [5.74, 6) is 4.56. The van der Waals surface area contributed by atoms with Gasteiger partial charge in [-0.15, -0.1) is 0 Å². The zero-order valence-electron chi connectivity index (χ0n) is 10.2. The lowest BCUT2D eigenvalue weighted by Crippen LogP contribution is -2.31. The van der Waals surface area contributed by atoms with Crippen molar-refractivity contribution in [2.75, 3.05) is 0 Å². The van der Waals surface area contributed by atoms with Crippen molar-refractivity contribution < 1.29 is 22.0 Å². The van der Waals surface area contributed by atoms with E-state index in [0.717, 1.165) is 12.1 Å². The molecule has 108 valence electrons. The van der Waals surface area contributed by atoms with E-state index >= 15 is 0 Å². The van der Waals surface area contributed by atoms with Crippen molar-refractivity contribution in [3.05, 3.63) is 59.3 Å². The van der Waals surface area contributed by atoms with Gasteiger partial charge in [-0.1, -0.05) is 0 Å². The third-order valence-electron chi connectivity index (χ3n) is 2.92. The Hall–Kier alpha value is -1.86. The number of nitrogens with two attached hydrogens (primary N) is 1. The lowest BCUT2D eigenvalue weighted by atomic mass is 9.95. The van der Waals surface area contributed by atoms with Gasteiger partial charge >= 0.3 is 6.18 Å². The van der Waals surface area contributed by atoms with Crippen molar-refractivity contribution in [2.45, 2.75) is 18.6 Å². The van der Waals surface area contributed by atoms with Gasteiger partial charge in [-0.05, 0) is 41.8 Å². The fourth-order valence-corrected chi connectivity index (χ4v) is 1.98. The minimum Gasteiger partial charge on any atom is -0.472 e. The van der Waals surface area contributed by atoms with E-state index in [-0.39, 0.29) is 12.0 Å². The van der Waals surface area contributed by atoms with Gasteiger partial charge in [0, 0.05) is 0 Å². The molecule has 3 N–H and O–H groups in total. The maximum absolute atomic E-state index is 13.3. The summed E-state index contributed by atoms with van der Waals surface area (Å²) < 4.78 is 56.9. The third kappa shape index (κ3) is 3.17. The van der Waals surface area contributed by atoms with Gasteiger partial charge in [-0.3, -0.25) is 11.3 Å². The van der Waals surface area contributed by atoms with Crippen LogP contribution in [0.25, 0.3) is 0 Å². The van der Waals surface area contributed by atoms with E-state index in [1.54, 1.807) is 6.07 Å². The minimum absolute atomic E-state index is 0.152. The first-order valence-electron chi connectivity index (χ1n) is 5.75. The van der Waals surface area contributed by atoms with E-state index in [1.165, 1.54) is 12.5 Å². The molecule has 0 radical (unpaired) electrons. The number of hydrogen-bond acceptors (Lipinski definition) is 3. The molecule has 0 spiro atoms. The van der Waals surface area contributed by atoms with E-state index in [2.05, 4.69) is 5.43 Å². The first-order chi connectivity index (χ1) is 9.41. The number of furan rings is 1. The number of benzene rings is 1. The molecule has 7 heteroatoms. The van der Waals surface area contributed by atoms with Crippen LogP contribution in [0, 0.1) is 5.82 Å². The number of hydrazine groups is 1. The highest BCUT2D eigenvalue weighted by Gasteiger charge is 2.35. The van der Waals surface area contributed by atoms with Gasteiger partial charge in [0.15, 0.2) is 0 Å². The van der Waals surface area contributed by atoms with Crippen LogP contribution >= 0.6 is 0 Å². The predicted octanol–water partition coefficient (Wildman–Crippen LogP) is 3.18. The molecule has 0 aliphatic carbocycles. The Morgan fingerprint density at radius 2 is 2.00 bits per heavy atom. The van der Waals surface area contributed by atoms with Gasteiger partial charge in [0.1, 0.15) is 5.82 Å². The van der Waals surface area contributed by atoms with Crippen molar-refractivity contribution in [3.8, 4) is 0 Å². The number of halogens is 4. The molecule has 0 aliphatic rings. The van der Waals surface area contributed by atoms with Crippen LogP contribution in [0.2, 0.25) is 0 Å². The Labute approximate surface area is 112 Å². The number of rotatable bonds is 4. The Balaban J connectivity index is 2.40. The maximum atomic E-state index is 13.3. The highest BCUT2D eigenvalue weighted by Crippen LogP contribution is 2.35. The molecule has 2 aromatic rings. The summed E-state index contributed by atoms with van der Waals surface area (Å²) in [5.41, 5.74) is 1.80. The minimum atomic E-state index is -4.57. The highest BCUT2D eigenvalue weighted by molar-refractivity contribution is 5.34. The molecule has 0 saturated carbocycles. The van der Waals surface area contributed by atoms with Crippen LogP contribution in [0.4, 0.5) is 17.6 Å². The molecule has 1 aromatic heterocycles. The molecule has 0 saturated heterocycles. The zero-order chi connectivity index (χ0) is 14.8. The Kier molecular flexibility index (Phi) is 4.10. The van der Waals surface area contributed by atoms with Crippen LogP contribution in [-0.4, -0.2) is 0 Å². The van der Waals surface area contributed by atoms with Crippen molar-refractivity contribution >= 4 is 0 Å². The molecule has 20 heavy (non-hydrogen) atoms. The summed E-state index contributed by atoms with van der Waals surface area (Å²) in [4.78, 5) is 0. The molecule has 0 aliphatic heterocycles. The van der Waals surface area contributed by atoms with Gasteiger partial charge < -0.3 is 4.42 Å². The summed E-state index contributed by atoms with van der Waals surface area (Å²) in [5, 5.41) is 0. The standard InChI is InChI=1S/C13H12F4N2O/c14-9-1-2-11(13(15,16)17)10(6-9)12(19-18)5-8-3-4-20-7-8/h1-4,6-7,12,19H,5,18H2. The van der Waals surface area contributed by atoms with Gasteiger partial charge in [0.25, 0.3) is 0 Å².